The van der Waals surface area contributed by atoms with Gasteiger partial charge in [-0.3, -0.25) is 4.79 Å². The van der Waals surface area contributed by atoms with E-state index in [1.165, 1.54) is 12.1 Å². The van der Waals surface area contributed by atoms with Gasteiger partial charge in [-0.05, 0) is 75.8 Å². The first-order valence-corrected chi connectivity index (χ1v) is 18.6. The molecule has 4 aromatic rings. The molecule has 1 aliphatic rings. The molecular formula is C43H49FN4O7. The van der Waals surface area contributed by atoms with Crippen LogP contribution in [0.2, 0.25) is 0 Å². The fraction of sp³-hybridized carbons (Fsp3) is 0.395. The minimum absolute atomic E-state index is 0.0611. The lowest BCUT2D eigenvalue weighted by Gasteiger charge is -2.34. The van der Waals surface area contributed by atoms with Gasteiger partial charge in [0.25, 0.3) is 0 Å². The van der Waals surface area contributed by atoms with Crippen molar-refractivity contribution in [1.82, 2.24) is 10.3 Å². The third-order valence-corrected chi connectivity index (χ3v) is 9.08. The van der Waals surface area contributed by atoms with Crippen molar-refractivity contribution in [2.75, 3.05) is 31.7 Å². The van der Waals surface area contributed by atoms with E-state index >= 15 is 4.39 Å². The van der Waals surface area contributed by atoms with Crippen LogP contribution in [0.5, 0.6) is 17.2 Å². The number of pyridine rings is 1. The van der Waals surface area contributed by atoms with E-state index in [2.05, 4.69) is 15.1 Å². The van der Waals surface area contributed by atoms with Crippen molar-refractivity contribution in [1.29, 1.82) is 0 Å². The van der Waals surface area contributed by atoms with Crippen LogP contribution in [0, 0.1) is 12.4 Å². The number of unbranched alkanes of at least 4 members (excludes halogenated alkanes) is 3. The second-order valence-corrected chi connectivity index (χ2v) is 14.4. The Hall–Kier alpha value is -5.83. The summed E-state index contributed by atoms with van der Waals surface area (Å²) in [5, 5.41) is 11.9. The second-order valence-electron chi connectivity index (χ2n) is 14.4. The number of hydrogen-bond donors (Lipinski definition) is 2. The molecule has 0 radical (unpaired) electrons. The van der Waals surface area contributed by atoms with Gasteiger partial charge in [0, 0.05) is 37.2 Å². The Morgan fingerprint density at radius 2 is 1.65 bits per heavy atom. The summed E-state index contributed by atoms with van der Waals surface area (Å²) in [5.74, 6) is 0.736. The number of amides is 1. The van der Waals surface area contributed by atoms with Gasteiger partial charge in [0.2, 0.25) is 5.69 Å². The number of carbonyl (C=O) groups excluding carboxylic acids is 1. The number of hydrogen-bond acceptors (Lipinski definition) is 8. The van der Waals surface area contributed by atoms with E-state index < -0.39 is 23.5 Å². The summed E-state index contributed by atoms with van der Waals surface area (Å²) in [6, 6.07) is 21.6. The summed E-state index contributed by atoms with van der Waals surface area (Å²) in [4.78, 5) is 33.8. The number of halogens is 1. The van der Waals surface area contributed by atoms with Gasteiger partial charge in [0.05, 0.1) is 31.5 Å². The van der Waals surface area contributed by atoms with Gasteiger partial charge in [0.15, 0.2) is 11.5 Å². The van der Waals surface area contributed by atoms with E-state index in [1.54, 1.807) is 13.2 Å². The van der Waals surface area contributed by atoms with E-state index in [1.807, 2.05) is 75.4 Å². The second kappa shape index (κ2) is 19.0. The SMILES string of the molecule is [C-]#[N+]c1ccc(-c2nc(N3CCC(NC(=O)OC(C)(C)C)CC3)cc(OC)c2-c2ccc(OCCCCCCC(=O)O)c(OCc3ccccc3)c2)cc1F. The number of rotatable bonds is 16. The average Bonchev–Trinajstić information content (AvgIpc) is 3.16. The highest BCUT2D eigenvalue weighted by Crippen LogP contribution is 2.44. The first-order valence-electron chi connectivity index (χ1n) is 18.6. The highest BCUT2D eigenvalue weighted by molar-refractivity contribution is 5.88. The van der Waals surface area contributed by atoms with E-state index in [9.17, 15) is 9.59 Å². The average molecular weight is 753 g/mol. The Morgan fingerprint density at radius 3 is 2.33 bits per heavy atom. The van der Waals surface area contributed by atoms with E-state index in [4.69, 9.17) is 35.6 Å². The van der Waals surface area contributed by atoms with Crippen molar-refractivity contribution < 1.29 is 38.0 Å². The molecule has 0 spiro atoms. The predicted molar refractivity (Wildman–Crippen MR) is 209 cm³/mol. The highest BCUT2D eigenvalue weighted by Gasteiger charge is 2.27. The van der Waals surface area contributed by atoms with Gasteiger partial charge >= 0.3 is 12.1 Å². The van der Waals surface area contributed by atoms with Crippen molar-refractivity contribution in [3.8, 4) is 39.6 Å². The number of ether oxygens (including phenoxy) is 4. The first-order chi connectivity index (χ1) is 26.4. The lowest BCUT2D eigenvalue weighted by molar-refractivity contribution is -0.137. The van der Waals surface area contributed by atoms with Crippen LogP contribution < -0.4 is 24.4 Å². The molecule has 5 rings (SSSR count). The molecule has 0 atom stereocenters. The zero-order valence-electron chi connectivity index (χ0n) is 31.9. The zero-order valence-corrected chi connectivity index (χ0v) is 31.9. The molecular weight excluding hydrogens is 703 g/mol. The first kappa shape index (κ1) is 40.4. The third kappa shape index (κ3) is 11.6. The number of anilines is 1. The summed E-state index contributed by atoms with van der Waals surface area (Å²) in [7, 11) is 1.58. The number of carbonyl (C=O) groups is 2. The molecule has 1 aliphatic heterocycles. The van der Waals surface area contributed by atoms with Crippen molar-refractivity contribution in [2.24, 2.45) is 0 Å². The summed E-state index contributed by atoms with van der Waals surface area (Å²) < 4.78 is 39.2. The molecule has 3 aromatic carbocycles. The molecule has 12 heteroatoms. The number of nitrogens with zero attached hydrogens (tertiary/aromatic N) is 3. The molecule has 11 nitrogen and oxygen atoms in total. The highest BCUT2D eigenvalue weighted by atomic mass is 19.1. The van der Waals surface area contributed by atoms with Crippen LogP contribution in [0.4, 0.5) is 20.7 Å². The monoisotopic (exact) mass is 752 g/mol. The van der Waals surface area contributed by atoms with Crippen LogP contribution in [-0.2, 0) is 16.1 Å². The van der Waals surface area contributed by atoms with Crippen LogP contribution in [-0.4, -0.2) is 60.6 Å². The Kier molecular flexibility index (Phi) is 13.9. The van der Waals surface area contributed by atoms with E-state index in [0.717, 1.165) is 24.8 Å². The molecule has 2 heterocycles. The summed E-state index contributed by atoms with van der Waals surface area (Å²) >= 11 is 0. The standard InChI is InChI=1S/C43H49FN4O7/c1-43(2,3)55-42(51)46-32-20-22-48(23-21-32)38-27-37(52-5)40(41(47-38)31-16-18-34(45-4)33(44)25-31)30-17-19-35(53-24-12-7-6-11-15-39(49)50)36(26-30)54-28-29-13-9-8-10-14-29/h8-10,13-14,16-19,25-27,32H,6-7,11-12,15,20-24,28H2,1-3,5H3,(H,46,51)(H,49,50). The summed E-state index contributed by atoms with van der Waals surface area (Å²) in [6.45, 7) is 14.8. The van der Waals surface area contributed by atoms with Gasteiger partial charge in [-0.25, -0.2) is 19.0 Å². The molecule has 0 aliphatic carbocycles. The number of aliphatic carboxylic acids is 1. The van der Waals surface area contributed by atoms with Gasteiger partial charge in [0.1, 0.15) is 29.6 Å². The molecule has 0 unspecified atom stereocenters. The topological polar surface area (TPSA) is 124 Å². The van der Waals surface area contributed by atoms with E-state index in [-0.39, 0.29) is 18.2 Å². The number of nitrogens with one attached hydrogen (secondary N) is 1. The lowest BCUT2D eigenvalue weighted by Crippen LogP contribution is -2.46. The predicted octanol–water partition coefficient (Wildman–Crippen LogP) is 9.60. The molecule has 55 heavy (non-hydrogen) atoms. The van der Waals surface area contributed by atoms with Crippen molar-refractivity contribution in [3.63, 3.8) is 0 Å². The Labute approximate surface area is 322 Å². The van der Waals surface area contributed by atoms with E-state index in [0.29, 0.717) is 91.0 Å². The van der Waals surface area contributed by atoms with Crippen LogP contribution >= 0.6 is 0 Å². The van der Waals surface area contributed by atoms with Crippen LogP contribution in [0.25, 0.3) is 27.2 Å². The largest absolute Gasteiger partial charge is 0.496 e. The normalized spacial score (nSPS) is 13.1. The molecule has 1 fully saturated rings. The molecule has 0 saturated carbocycles. The maximum absolute atomic E-state index is 15.2. The Balaban J connectivity index is 1.47. The lowest BCUT2D eigenvalue weighted by atomic mass is 9.97. The smallest absolute Gasteiger partial charge is 0.407 e. The molecule has 1 amide bonds. The summed E-state index contributed by atoms with van der Waals surface area (Å²) in [6.07, 6.45) is 4.06. The van der Waals surface area contributed by atoms with Crippen LogP contribution in [0.3, 0.4) is 0 Å². The van der Waals surface area contributed by atoms with Crippen LogP contribution in [0.15, 0.2) is 72.8 Å². The fourth-order valence-corrected chi connectivity index (χ4v) is 6.34. The van der Waals surface area contributed by atoms with Crippen molar-refractivity contribution in [2.45, 2.75) is 84.0 Å². The quantitative estimate of drug-likeness (QED) is 0.0851. The van der Waals surface area contributed by atoms with Gasteiger partial charge in [-0.1, -0.05) is 61.4 Å². The minimum Gasteiger partial charge on any atom is -0.496 e. The number of methoxy groups -OCH3 is 1. The maximum Gasteiger partial charge on any atom is 0.407 e. The van der Waals surface area contributed by atoms with Crippen molar-refractivity contribution in [3.05, 3.63) is 95.6 Å². The minimum atomic E-state index is -0.791. The number of benzene rings is 3. The maximum atomic E-state index is 15.2. The molecule has 290 valence electrons. The molecule has 0 bridgehead atoms. The molecule has 1 saturated heterocycles. The summed E-state index contributed by atoms with van der Waals surface area (Å²) in [5.41, 5.74) is 2.53. The zero-order chi connectivity index (χ0) is 39.4. The number of piperidine rings is 1. The third-order valence-electron chi connectivity index (χ3n) is 9.08. The molecule has 1 aromatic heterocycles. The number of alkyl carbamates (subject to hydrolysis) is 1. The van der Waals surface area contributed by atoms with Gasteiger partial charge in [-0.2, -0.15) is 0 Å². The Bertz CT molecular complexity index is 1970. The number of carboxylic acids is 1. The van der Waals surface area contributed by atoms with Crippen LogP contribution in [0.1, 0.15) is 71.3 Å². The van der Waals surface area contributed by atoms with Gasteiger partial charge in [-0.15, -0.1) is 0 Å². The number of carboxylic acid groups (broad SMARTS) is 1. The van der Waals surface area contributed by atoms with Gasteiger partial charge < -0.3 is 34.3 Å². The Morgan fingerprint density at radius 1 is 0.927 bits per heavy atom. The van der Waals surface area contributed by atoms with Crippen molar-refractivity contribution >= 4 is 23.6 Å². The molecule has 2 N–H and O–H groups in total. The fourth-order valence-electron chi connectivity index (χ4n) is 6.34. The number of aromatic nitrogens is 1.